The predicted octanol–water partition coefficient (Wildman–Crippen LogP) is 2.47. The lowest BCUT2D eigenvalue weighted by Crippen LogP contribution is -2.07. The summed E-state index contributed by atoms with van der Waals surface area (Å²) in [5.41, 5.74) is 1.43. The fraction of sp³-hybridized carbons (Fsp3) is 0.308. The van der Waals surface area contributed by atoms with E-state index in [1.54, 1.807) is 6.07 Å². The van der Waals surface area contributed by atoms with Gasteiger partial charge in [0.1, 0.15) is 6.10 Å². The maximum atomic E-state index is 11.2. The number of fused-ring (bicyclic) bond motifs is 1. The minimum atomic E-state index is -0.0485. The Hall–Kier alpha value is -1.77. The third kappa shape index (κ3) is 1.81. The van der Waals surface area contributed by atoms with Gasteiger partial charge in [-0.2, -0.15) is 0 Å². The van der Waals surface area contributed by atoms with Crippen molar-refractivity contribution in [2.45, 2.75) is 26.4 Å². The first kappa shape index (κ1) is 10.7. The van der Waals surface area contributed by atoms with E-state index in [1.165, 1.54) is 13.0 Å². The molecule has 0 aliphatic carbocycles. The lowest BCUT2D eigenvalue weighted by molar-refractivity contribution is 0.101. The van der Waals surface area contributed by atoms with Crippen LogP contribution in [0.5, 0.6) is 11.5 Å². The largest absolute Gasteiger partial charge is 0.504 e. The zero-order valence-electron chi connectivity index (χ0n) is 9.36. The molecule has 1 aliphatic rings. The van der Waals surface area contributed by atoms with E-state index >= 15 is 0 Å². The summed E-state index contributed by atoms with van der Waals surface area (Å²) in [4.78, 5) is 11.2. The summed E-state index contributed by atoms with van der Waals surface area (Å²) in [7, 11) is 0. The lowest BCUT2D eigenvalue weighted by Gasteiger charge is -2.06. The van der Waals surface area contributed by atoms with Crippen LogP contribution in [0.4, 0.5) is 0 Å². The number of carbonyl (C=O) groups is 1. The summed E-state index contributed by atoms with van der Waals surface area (Å²) in [6.07, 6.45) is 4.52. The van der Waals surface area contributed by atoms with Gasteiger partial charge in [0.05, 0.1) is 0 Å². The molecule has 1 heterocycles. The van der Waals surface area contributed by atoms with Crippen molar-refractivity contribution >= 4 is 5.78 Å². The minimum Gasteiger partial charge on any atom is -0.504 e. The van der Waals surface area contributed by atoms with Crippen molar-refractivity contribution in [1.29, 1.82) is 0 Å². The number of ketones is 1. The Morgan fingerprint density at radius 1 is 1.56 bits per heavy atom. The van der Waals surface area contributed by atoms with Crippen LogP contribution < -0.4 is 4.74 Å². The highest BCUT2D eigenvalue weighted by Gasteiger charge is 2.24. The third-order valence-electron chi connectivity index (χ3n) is 2.65. The number of benzene rings is 1. The van der Waals surface area contributed by atoms with Gasteiger partial charge in [-0.05, 0) is 32.1 Å². The SMILES string of the molecule is CC=CC1Cc2cc(C(C)=O)cc(O)c2O1. The molecule has 1 N–H and O–H groups in total. The van der Waals surface area contributed by atoms with E-state index in [2.05, 4.69) is 0 Å². The van der Waals surface area contributed by atoms with Crippen LogP contribution in [0.15, 0.2) is 24.3 Å². The van der Waals surface area contributed by atoms with Crippen LogP contribution in [-0.2, 0) is 6.42 Å². The third-order valence-corrected chi connectivity index (χ3v) is 2.65. The highest BCUT2D eigenvalue weighted by atomic mass is 16.5. The molecule has 84 valence electrons. The summed E-state index contributed by atoms with van der Waals surface area (Å²) < 4.78 is 5.56. The predicted molar refractivity (Wildman–Crippen MR) is 61.0 cm³/mol. The molecule has 1 atom stereocenters. The van der Waals surface area contributed by atoms with Crippen LogP contribution in [0.3, 0.4) is 0 Å². The Kier molecular flexibility index (Phi) is 2.69. The zero-order chi connectivity index (χ0) is 11.7. The van der Waals surface area contributed by atoms with Crippen molar-refractivity contribution in [3.63, 3.8) is 0 Å². The fourth-order valence-electron chi connectivity index (χ4n) is 1.89. The van der Waals surface area contributed by atoms with Gasteiger partial charge in [0.2, 0.25) is 0 Å². The number of hydrogen-bond donors (Lipinski definition) is 1. The van der Waals surface area contributed by atoms with Gasteiger partial charge in [-0.3, -0.25) is 4.79 Å². The number of allylic oxidation sites excluding steroid dienone is 1. The molecule has 0 aromatic heterocycles. The molecule has 16 heavy (non-hydrogen) atoms. The first-order chi connectivity index (χ1) is 7.61. The van der Waals surface area contributed by atoms with Gasteiger partial charge in [0, 0.05) is 17.5 Å². The van der Waals surface area contributed by atoms with E-state index in [1.807, 2.05) is 19.1 Å². The standard InChI is InChI=1S/C13H14O3/c1-3-4-11-6-10-5-9(8(2)14)7-12(15)13(10)16-11/h3-5,7,11,15H,6H2,1-2H3. The Balaban J connectivity index is 2.38. The van der Waals surface area contributed by atoms with Gasteiger partial charge in [0.15, 0.2) is 17.3 Å². The van der Waals surface area contributed by atoms with Crippen molar-refractivity contribution in [1.82, 2.24) is 0 Å². The number of carbonyl (C=O) groups excluding carboxylic acids is 1. The molecular formula is C13H14O3. The molecule has 3 nitrogen and oxygen atoms in total. The van der Waals surface area contributed by atoms with Crippen LogP contribution in [-0.4, -0.2) is 17.0 Å². The molecule has 1 aromatic rings. The van der Waals surface area contributed by atoms with E-state index in [4.69, 9.17) is 4.74 Å². The lowest BCUT2D eigenvalue weighted by atomic mass is 10.0. The normalized spacial score (nSPS) is 18.5. The van der Waals surface area contributed by atoms with E-state index in [0.717, 1.165) is 5.56 Å². The number of Topliss-reactive ketones (excluding diaryl/α,β-unsaturated/α-hetero) is 1. The van der Waals surface area contributed by atoms with E-state index in [9.17, 15) is 9.90 Å². The number of aromatic hydroxyl groups is 1. The topological polar surface area (TPSA) is 46.5 Å². The minimum absolute atomic E-state index is 0.0342. The van der Waals surface area contributed by atoms with Gasteiger partial charge in [-0.25, -0.2) is 0 Å². The van der Waals surface area contributed by atoms with Crippen LogP contribution in [0, 0.1) is 0 Å². The molecule has 1 aromatic carbocycles. The second-order valence-electron chi connectivity index (χ2n) is 3.93. The Morgan fingerprint density at radius 2 is 2.31 bits per heavy atom. The van der Waals surface area contributed by atoms with Gasteiger partial charge >= 0.3 is 0 Å². The quantitative estimate of drug-likeness (QED) is 0.612. The average molecular weight is 218 g/mol. The van der Waals surface area contributed by atoms with Crippen LogP contribution in [0.2, 0.25) is 0 Å². The van der Waals surface area contributed by atoms with E-state index < -0.39 is 0 Å². The molecule has 0 bridgehead atoms. The summed E-state index contributed by atoms with van der Waals surface area (Å²) in [6.45, 7) is 3.41. The van der Waals surface area contributed by atoms with Crippen molar-refractivity contribution in [3.8, 4) is 11.5 Å². The molecule has 0 fully saturated rings. The summed E-state index contributed by atoms with van der Waals surface area (Å²) in [5.74, 6) is 0.510. The van der Waals surface area contributed by atoms with Crippen LogP contribution in [0.25, 0.3) is 0 Å². The smallest absolute Gasteiger partial charge is 0.165 e. The van der Waals surface area contributed by atoms with Crippen LogP contribution >= 0.6 is 0 Å². The zero-order valence-corrected chi connectivity index (χ0v) is 9.36. The maximum absolute atomic E-state index is 11.2. The summed E-state index contributed by atoms with van der Waals surface area (Å²) in [6, 6.07) is 3.25. The highest BCUT2D eigenvalue weighted by Crippen LogP contribution is 2.38. The molecule has 0 spiro atoms. The van der Waals surface area contributed by atoms with Crippen molar-refractivity contribution in [2.24, 2.45) is 0 Å². The Bertz CT molecular complexity index is 460. The van der Waals surface area contributed by atoms with Gasteiger partial charge < -0.3 is 9.84 Å². The van der Waals surface area contributed by atoms with E-state index in [-0.39, 0.29) is 17.6 Å². The summed E-state index contributed by atoms with van der Waals surface area (Å²) in [5, 5.41) is 9.75. The number of hydrogen-bond acceptors (Lipinski definition) is 3. The number of phenols is 1. The molecule has 2 rings (SSSR count). The average Bonchev–Trinajstić information content (AvgIpc) is 2.61. The van der Waals surface area contributed by atoms with Crippen molar-refractivity contribution in [2.75, 3.05) is 0 Å². The molecule has 1 aliphatic heterocycles. The molecule has 1 unspecified atom stereocenters. The second-order valence-corrected chi connectivity index (χ2v) is 3.93. The first-order valence-electron chi connectivity index (χ1n) is 5.28. The molecule has 0 amide bonds. The summed E-state index contributed by atoms with van der Waals surface area (Å²) >= 11 is 0. The van der Waals surface area contributed by atoms with Gasteiger partial charge in [0.25, 0.3) is 0 Å². The molecule has 0 radical (unpaired) electrons. The molecule has 0 saturated carbocycles. The Morgan fingerprint density at radius 3 is 2.94 bits per heavy atom. The van der Waals surface area contributed by atoms with Crippen LogP contribution in [0.1, 0.15) is 29.8 Å². The molecule has 0 saturated heterocycles. The van der Waals surface area contributed by atoms with Crippen molar-refractivity contribution < 1.29 is 14.6 Å². The first-order valence-corrected chi connectivity index (χ1v) is 5.28. The van der Waals surface area contributed by atoms with Crippen molar-refractivity contribution in [3.05, 3.63) is 35.4 Å². The van der Waals surface area contributed by atoms with E-state index in [0.29, 0.717) is 17.7 Å². The number of rotatable bonds is 2. The monoisotopic (exact) mass is 218 g/mol. The number of phenolic OH excluding ortho intramolecular Hbond substituents is 1. The fourth-order valence-corrected chi connectivity index (χ4v) is 1.89. The Labute approximate surface area is 94.4 Å². The highest BCUT2D eigenvalue weighted by molar-refractivity contribution is 5.95. The second kappa shape index (κ2) is 4.00. The van der Waals surface area contributed by atoms with Gasteiger partial charge in [-0.1, -0.05) is 6.08 Å². The number of ether oxygens (including phenoxy) is 1. The molecular weight excluding hydrogens is 204 g/mol. The van der Waals surface area contributed by atoms with Gasteiger partial charge in [-0.15, -0.1) is 0 Å². The molecule has 3 heteroatoms. The maximum Gasteiger partial charge on any atom is 0.165 e.